The molecular formula is C9H14N2O4. The van der Waals surface area contributed by atoms with E-state index in [2.05, 4.69) is 4.74 Å². The molecule has 0 saturated carbocycles. The maximum atomic E-state index is 11.4. The van der Waals surface area contributed by atoms with Crippen molar-refractivity contribution in [3.63, 3.8) is 0 Å². The molecule has 1 aliphatic heterocycles. The van der Waals surface area contributed by atoms with Crippen LogP contribution in [0.25, 0.3) is 0 Å². The van der Waals surface area contributed by atoms with E-state index in [0.29, 0.717) is 0 Å². The first kappa shape index (κ1) is 11.5. The summed E-state index contributed by atoms with van der Waals surface area (Å²) in [4.78, 5) is 36.3. The number of nitrogens with zero attached hydrogens (tertiary/aromatic N) is 2. The molecule has 6 nitrogen and oxygen atoms in total. The van der Waals surface area contributed by atoms with Crippen LogP contribution in [0.15, 0.2) is 0 Å². The van der Waals surface area contributed by atoms with Gasteiger partial charge in [0.15, 0.2) is 0 Å². The van der Waals surface area contributed by atoms with Crippen molar-refractivity contribution in [2.45, 2.75) is 6.42 Å². The average Bonchev–Trinajstić information content (AvgIpc) is 2.21. The first-order chi connectivity index (χ1) is 7.04. The van der Waals surface area contributed by atoms with Crippen molar-refractivity contribution < 1.29 is 19.1 Å². The maximum absolute atomic E-state index is 11.4. The molecule has 0 atom stereocenters. The number of hydrogen-bond donors (Lipinski definition) is 0. The third-order valence-electron chi connectivity index (χ3n) is 2.29. The molecule has 0 unspecified atom stereocenters. The Hall–Kier alpha value is -1.59. The molecule has 15 heavy (non-hydrogen) atoms. The van der Waals surface area contributed by atoms with Crippen LogP contribution in [0.5, 0.6) is 0 Å². The summed E-state index contributed by atoms with van der Waals surface area (Å²) in [6, 6.07) is 0. The molecule has 1 heterocycles. The Morgan fingerprint density at radius 3 is 2.60 bits per heavy atom. The monoisotopic (exact) mass is 214 g/mol. The summed E-state index contributed by atoms with van der Waals surface area (Å²) in [6.07, 6.45) is 0.124. The molecule has 2 amide bonds. The lowest BCUT2D eigenvalue weighted by Crippen LogP contribution is -2.52. The van der Waals surface area contributed by atoms with Gasteiger partial charge in [0.2, 0.25) is 11.8 Å². The van der Waals surface area contributed by atoms with E-state index < -0.39 is 0 Å². The number of carbonyl (C=O) groups excluding carboxylic acids is 3. The van der Waals surface area contributed by atoms with Crippen molar-refractivity contribution in [3.8, 4) is 0 Å². The fourth-order valence-electron chi connectivity index (χ4n) is 1.30. The van der Waals surface area contributed by atoms with E-state index in [1.165, 1.54) is 16.9 Å². The number of amides is 2. The van der Waals surface area contributed by atoms with Gasteiger partial charge in [-0.3, -0.25) is 14.4 Å². The van der Waals surface area contributed by atoms with Crippen LogP contribution < -0.4 is 0 Å². The Labute approximate surface area is 87.8 Å². The van der Waals surface area contributed by atoms with E-state index in [1.807, 2.05) is 0 Å². The lowest BCUT2D eigenvalue weighted by molar-refractivity contribution is -0.150. The minimum atomic E-state index is -0.380. The normalized spacial score (nSPS) is 16.9. The number of rotatable bonds is 3. The van der Waals surface area contributed by atoms with Crippen LogP contribution in [0, 0.1) is 0 Å². The maximum Gasteiger partial charge on any atom is 0.307 e. The number of carbonyl (C=O) groups is 3. The molecule has 1 saturated heterocycles. The van der Waals surface area contributed by atoms with E-state index in [0.717, 1.165) is 0 Å². The molecule has 0 radical (unpaired) electrons. The van der Waals surface area contributed by atoms with Gasteiger partial charge in [0.05, 0.1) is 26.6 Å². The van der Waals surface area contributed by atoms with Gasteiger partial charge in [0, 0.05) is 13.6 Å². The van der Waals surface area contributed by atoms with Gasteiger partial charge in [-0.25, -0.2) is 0 Å². The largest absolute Gasteiger partial charge is 0.469 e. The van der Waals surface area contributed by atoms with Gasteiger partial charge in [-0.15, -0.1) is 0 Å². The molecule has 1 rings (SSSR count). The molecule has 84 valence electrons. The average molecular weight is 214 g/mol. The Morgan fingerprint density at radius 1 is 1.33 bits per heavy atom. The molecule has 0 N–H and O–H groups in total. The minimum Gasteiger partial charge on any atom is -0.469 e. The predicted octanol–water partition coefficient (Wildman–Crippen LogP) is -1.15. The topological polar surface area (TPSA) is 66.9 Å². The van der Waals surface area contributed by atoms with Gasteiger partial charge in [0.1, 0.15) is 0 Å². The second-order valence-electron chi connectivity index (χ2n) is 3.39. The van der Waals surface area contributed by atoms with E-state index >= 15 is 0 Å². The summed E-state index contributed by atoms with van der Waals surface area (Å²) in [7, 11) is 2.87. The zero-order valence-electron chi connectivity index (χ0n) is 8.86. The summed E-state index contributed by atoms with van der Waals surface area (Å²) in [5.74, 6) is -0.630. The summed E-state index contributed by atoms with van der Waals surface area (Å²) in [5, 5.41) is 0. The van der Waals surface area contributed by atoms with Crippen molar-refractivity contribution in [2.75, 3.05) is 33.8 Å². The van der Waals surface area contributed by atoms with Crippen molar-refractivity contribution in [3.05, 3.63) is 0 Å². The number of likely N-dealkylation sites (N-methyl/N-ethyl adjacent to an activating group) is 1. The van der Waals surface area contributed by atoms with Crippen LogP contribution in [-0.4, -0.2) is 61.4 Å². The second kappa shape index (κ2) is 4.77. The third kappa shape index (κ3) is 2.93. The van der Waals surface area contributed by atoms with Crippen molar-refractivity contribution in [1.29, 1.82) is 0 Å². The van der Waals surface area contributed by atoms with Crippen LogP contribution >= 0.6 is 0 Å². The molecule has 1 fully saturated rings. The van der Waals surface area contributed by atoms with E-state index in [-0.39, 0.29) is 43.8 Å². The first-order valence-electron chi connectivity index (χ1n) is 4.63. The van der Waals surface area contributed by atoms with E-state index in [4.69, 9.17) is 0 Å². The molecular weight excluding hydrogens is 200 g/mol. The van der Waals surface area contributed by atoms with Crippen LogP contribution in [0.2, 0.25) is 0 Å². The number of piperazine rings is 1. The Morgan fingerprint density at radius 2 is 2.00 bits per heavy atom. The Kier molecular flexibility index (Phi) is 3.65. The number of methoxy groups -OCH3 is 1. The summed E-state index contributed by atoms with van der Waals surface area (Å²) in [5.41, 5.74) is 0. The van der Waals surface area contributed by atoms with Crippen LogP contribution in [0.1, 0.15) is 6.42 Å². The zero-order valence-corrected chi connectivity index (χ0v) is 8.86. The number of hydrogen-bond acceptors (Lipinski definition) is 4. The Balaban J connectivity index is 2.45. The van der Waals surface area contributed by atoms with Crippen molar-refractivity contribution in [1.82, 2.24) is 9.80 Å². The van der Waals surface area contributed by atoms with Gasteiger partial charge >= 0.3 is 5.97 Å². The summed E-state index contributed by atoms with van der Waals surface area (Å²) < 4.78 is 4.45. The molecule has 0 aromatic rings. The molecule has 0 aromatic carbocycles. The van der Waals surface area contributed by atoms with Crippen LogP contribution in [-0.2, 0) is 19.1 Å². The number of esters is 1. The highest BCUT2D eigenvalue weighted by Crippen LogP contribution is 2.03. The van der Waals surface area contributed by atoms with Gasteiger partial charge in [-0.2, -0.15) is 0 Å². The fourth-order valence-corrected chi connectivity index (χ4v) is 1.30. The summed E-state index contributed by atoms with van der Waals surface area (Å²) >= 11 is 0. The fraction of sp³-hybridized carbons (Fsp3) is 0.667. The van der Waals surface area contributed by atoms with E-state index in [1.54, 1.807) is 7.05 Å². The van der Waals surface area contributed by atoms with Gasteiger partial charge in [-0.1, -0.05) is 0 Å². The molecule has 0 aromatic heterocycles. The lowest BCUT2D eigenvalue weighted by Gasteiger charge is -2.31. The highest BCUT2D eigenvalue weighted by molar-refractivity contribution is 5.92. The number of ether oxygens (including phenoxy) is 1. The van der Waals surface area contributed by atoms with Crippen LogP contribution in [0.4, 0.5) is 0 Å². The first-order valence-corrected chi connectivity index (χ1v) is 4.63. The predicted molar refractivity (Wildman–Crippen MR) is 50.9 cm³/mol. The van der Waals surface area contributed by atoms with Crippen LogP contribution in [0.3, 0.4) is 0 Å². The highest BCUT2D eigenvalue weighted by Gasteiger charge is 2.27. The summed E-state index contributed by atoms with van der Waals surface area (Å²) in [6.45, 7) is 0.372. The van der Waals surface area contributed by atoms with Crippen molar-refractivity contribution >= 4 is 17.8 Å². The smallest absolute Gasteiger partial charge is 0.307 e. The Bertz CT molecular complexity index is 290. The van der Waals surface area contributed by atoms with Gasteiger partial charge in [0.25, 0.3) is 0 Å². The SMILES string of the molecule is COC(=O)CCN1CC(=O)N(C)CC1=O. The quantitative estimate of drug-likeness (QED) is 0.556. The third-order valence-corrected chi connectivity index (χ3v) is 2.29. The zero-order chi connectivity index (χ0) is 11.4. The van der Waals surface area contributed by atoms with Gasteiger partial charge in [-0.05, 0) is 0 Å². The van der Waals surface area contributed by atoms with Gasteiger partial charge < -0.3 is 14.5 Å². The molecule has 0 spiro atoms. The minimum absolute atomic E-state index is 0.0479. The molecule has 0 bridgehead atoms. The molecule has 0 aliphatic carbocycles. The van der Waals surface area contributed by atoms with Crippen molar-refractivity contribution in [2.24, 2.45) is 0 Å². The molecule has 6 heteroatoms. The standard InChI is InChI=1S/C9H14N2O4/c1-10-5-8(13)11(6-7(10)12)4-3-9(14)15-2/h3-6H2,1-2H3. The second-order valence-corrected chi connectivity index (χ2v) is 3.39. The molecule has 1 aliphatic rings. The lowest BCUT2D eigenvalue weighted by atomic mass is 10.3. The highest BCUT2D eigenvalue weighted by atomic mass is 16.5. The van der Waals surface area contributed by atoms with E-state index in [9.17, 15) is 14.4 Å².